The van der Waals surface area contributed by atoms with Gasteiger partial charge in [0.1, 0.15) is 0 Å². The fourth-order valence-corrected chi connectivity index (χ4v) is 1.53. The number of hydrogen-bond acceptors (Lipinski definition) is 0. The van der Waals surface area contributed by atoms with Gasteiger partial charge in [-0.3, -0.25) is 0 Å². The van der Waals surface area contributed by atoms with E-state index in [1.807, 2.05) is 6.08 Å². The highest BCUT2D eigenvalue weighted by molar-refractivity contribution is 5.02. The Bertz CT molecular complexity index is 253. The number of unbranched alkanes of at least 4 members (excludes halogenated alkanes) is 5. The molecule has 0 aliphatic heterocycles. The van der Waals surface area contributed by atoms with Gasteiger partial charge in [-0.15, -0.1) is 0 Å². The summed E-state index contributed by atoms with van der Waals surface area (Å²) in [5.41, 5.74) is 0. The van der Waals surface area contributed by atoms with E-state index < -0.39 is 0 Å². The van der Waals surface area contributed by atoms with Crippen molar-refractivity contribution >= 4 is 0 Å². The molecule has 0 saturated heterocycles. The fourth-order valence-electron chi connectivity index (χ4n) is 1.53. The van der Waals surface area contributed by atoms with Gasteiger partial charge in [-0.2, -0.15) is 0 Å². The molecule has 0 fully saturated rings. The van der Waals surface area contributed by atoms with Gasteiger partial charge < -0.3 is 0 Å². The second kappa shape index (κ2) is 16.0. The zero-order valence-electron chi connectivity index (χ0n) is 11.7. The van der Waals surface area contributed by atoms with Gasteiger partial charge in [0.25, 0.3) is 0 Å². The summed E-state index contributed by atoms with van der Waals surface area (Å²) in [5.74, 6) is 0. The molecule has 0 N–H and O–H groups in total. The van der Waals surface area contributed by atoms with Crippen molar-refractivity contribution < 1.29 is 0 Å². The van der Waals surface area contributed by atoms with Crippen LogP contribution in [0.25, 0.3) is 0 Å². The van der Waals surface area contributed by atoms with E-state index in [1.54, 1.807) is 0 Å². The largest absolute Gasteiger partial charge is 0.0882 e. The zero-order chi connectivity index (χ0) is 13.3. The van der Waals surface area contributed by atoms with E-state index in [1.165, 1.54) is 32.1 Å². The van der Waals surface area contributed by atoms with Crippen LogP contribution in [0.4, 0.5) is 0 Å². The molecule has 0 aliphatic carbocycles. The number of allylic oxidation sites excluding steroid dienone is 8. The minimum Gasteiger partial charge on any atom is -0.0882 e. The van der Waals surface area contributed by atoms with E-state index in [0.29, 0.717) is 0 Å². The number of hydrogen-bond donors (Lipinski definition) is 0. The summed E-state index contributed by atoms with van der Waals surface area (Å²) in [6.45, 7) is 7.47. The highest BCUT2D eigenvalue weighted by atomic mass is 13.9. The Kier molecular flexibility index (Phi) is 15.0. The Morgan fingerprint density at radius 2 is 1.28 bits per heavy atom. The maximum atomic E-state index is 3.82. The van der Waals surface area contributed by atoms with Crippen molar-refractivity contribution in [2.75, 3.05) is 0 Å². The summed E-state index contributed by atoms with van der Waals surface area (Å²) >= 11 is 0. The molecule has 0 aromatic carbocycles. The average Bonchev–Trinajstić information content (AvgIpc) is 2.39. The molecule has 0 amide bonds. The normalized spacial score (nSPS) is 12.8. The maximum Gasteiger partial charge on any atom is -0.0169 e. The molecule has 100 valence electrons. The molecule has 2 radical (unpaired) electrons. The molecule has 0 unspecified atom stereocenters. The van der Waals surface area contributed by atoms with Gasteiger partial charge in [0.2, 0.25) is 0 Å². The van der Waals surface area contributed by atoms with Gasteiger partial charge in [0.15, 0.2) is 0 Å². The molecule has 0 nitrogen and oxygen atoms in total. The van der Waals surface area contributed by atoms with Crippen LogP contribution in [0.3, 0.4) is 0 Å². The lowest BCUT2D eigenvalue weighted by Gasteiger charge is -1.92. The van der Waals surface area contributed by atoms with E-state index in [4.69, 9.17) is 0 Å². The molecule has 0 atom stereocenters. The van der Waals surface area contributed by atoms with Crippen molar-refractivity contribution in [2.24, 2.45) is 0 Å². The first-order chi connectivity index (χ1) is 8.91. The standard InChI is InChI=1S/C18H28/c1-3-5-7-9-11-13-15-17-18-16-14-12-10-8-6-4-2/h3,5,9-12,14,16H,1-2,4,6-8,13,15,17-18H2. The first-order valence-corrected chi connectivity index (χ1v) is 7.12. The SMILES string of the molecule is [CH2]C=CCC=CCCCCC=CC=CCCC[CH2]. The van der Waals surface area contributed by atoms with Gasteiger partial charge in [-0.05, 0) is 51.9 Å². The van der Waals surface area contributed by atoms with Crippen molar-refractivity contribution in [1.82, 2.24) is 0 Å². The predicted molar refractivity (Wildman–Crippen MR) is 84.2 cm³/mol. The molecule has 0 heterocycles. The van der Waals surface area contributed by atoms with Gasteiger partial charge in [-0.1, -0.05) is 62.0 Å². The monoisotopic (exact) mass is 244 g/mol. The van der Waals surface area contributed by atoms with Crippen LogP contribution in [0.5, 0.6) is 0 Å². The third-order valence-electron chi connectivity index (χ3n) is 2.60. The summed E-state index contributed by atoms with van der Waals surface area (Å²) in [6.07, 6.45) is 26.5. The molecule has 18 heavy (non-hydrogen) atoms. The molecular formula is C18H28. The van der Waals surface area contributed by atoms with E-state index in [0.717, 1.165) is 19.3 Å². The Balaban J connectivity index is 3.26. The minimum absolute atomic E-state index is 1.02. The topological polar surface area (TPSA) is 0 Å². The predicted octanol–water partition coefficient (Wildman–Crippen LogP) is 6.00. The molecule has 0 heteroatoms. The Hall–Kier alpha value is -1.04. The molecule has 0 spiro atoms. The lowest BCUT2D eigenvalue weighted by molar-refractivity contribution is 0.761. The van der Waals surface area contributed by atoms with Gasteiger partial charge >= 0.3 is 0 Å². The minimum atomic E-state index is 1.02. The number of rotatable bonds is 11. The molecule has 0 aromatic heterocycles. The van der Waals surface area contributed by atoms with Gasteiger partial charge in [0.05, 0.1) is 0 Å². The lowest BCUT2D eigenvalue weighted by Crippen LogP contribution is -1.72. The van der Waals surface area contributed by atoms with Crippen LogP contribution in [0, 0.1) is 13.8 Å². The Morgan fingerprint density at radius 3 is 1.89 bits per heavy atom. The Labute approximate surface area is 114 Å². The molecule has 0 aromatic rings. The van der Waals surface area contributed by atoms with Crippen molar-refractivity contribution in [1.29, 1.82) is 0 Å². The van der Waals surface area contributed by atoms with Crippen LogP contribution in [0.1, 0.15) is 51.4 Å². The van der Waals surface area contributed by atoms with E-state index in [9.17, 15) is 0 Å². The molecule has 0 aliphatic rings. The quantitative estimate of drug-likeness (QED) is 0.237. The smallest absolute Gasteiger partial charge is 0.0169 e. The highest BCUT2D eigenvalue weighted by Gasteiger charge is 1.83. The first kappa shape index (κ1) is 17.0. The first-order valence-electron chi connectivity index (χ1n) is 7.12. The summed E-state index contributed by atoms with van der Waals surface area (Å²) in [6, 6.07) is 0. The lowest BCUT2D eigenvalue weighted by atomic mass is 10.1. The van der Waals surface area contributed by atoms with Crippen molar-refractivity contribution in [3.8, 4) is 0 Å². The van der Waals surface area contributed by atoms with E-state index in [2.05, 4.69) is 56.4 Å². The van der Waals surface area contributed by atoms with E-state index in [-0.39, 0.29) is 0 Å². The molecular weight excluding hydrogens is 216 g/mol. The summed E-state index contributed by atoms with van der Waals surface area (Å²) in [7, 11) is 0. The second-order valence-electron chi connectivity index (χ2n) is 4.32. The average molecular weight is 244 g/mol. The van der Waals surface area contributed by atoms with Crippen molar-refractivity contribution in [3.63, 3.8) is 0 Å². The van der Waals surface area contributed by atoms with Gasteiger partial charge in [0, 0.05) is 0 Å². The van der Waals surface area contributed by atoms with Crippen LogP contribution < -0.4 is 0 Å². The summed E-state index contributed by atoms with van der Waals surface area (Å²) in [5, 5.41) is 0. The van der Waals surface area contributed by atoms with Crippen LogP contribution >= 0.6 is 0 Å². The van der Waals surface area contributed by atoms with E-state index >= 15 is 0 Å². The van der Waals surface area contributed by atoms with Crippen LogP contribution in [-0.2, 0) is 0 Å². The third kappa shape index (κ3) is 15.0. The summed E-state index contributed by atoms with van der Waals surface area (Å²) < 4.78 is 0. The zero-order valence-corrected chi connectivity index (χ0v) is 11.7. The fraction of sp³-hybridized carbons (Fsp3) is 0.444. The molecule has 0 saturated carbocycles. The van der Waals surface area contributed by atoms with Gasteiger partial charge in [-0.25, -0.2) is 0 Å². The van der Waals surface area contributed by atoms with Crippen molar-refractivity contribution in [2.45, 2.75) is 51.4 Å². The highest BCUT2D eigenvalue weighted by Crippen LogP contribution is 2.02. The second-order valence-corrected chi connectivity index (χ2v) is 4.32. The molecule has 0 rings (SSSR count). The molecule has 0 bridgehead atoms. The van der Waals surface area contributed by atoms with Crippen LogP contribution in [0.15, 0.2) is 48.6 Å². The summed E-state index contributed by atoms with van der Waals surface area (Å²) in [4.78, 5) is 0. The van der Waals surface area contributed by atoms with Crippen LogP contribution in [-0.4, -0.2) is 0 Å². The third-order valence-corrected chi connectivity index (χ3v) is 2.60. The maximum absolute atomic E-state index is 3.82. The van der Waals surface area contributed by atoms with Crippen molar-refractivity contribution in [3.05, 3.63) is 62.5 Å². The Morgan fingerprint density at radius 1 is 0.667 bits per heavy atom. The van der Waals surface area contributed by atoms with Crippen LogP contribution in [0.2, 0.25) is 0 Å².